The number of carbonyl (C=O) groups is 2. The van der Waals surface area contributed by atoms with Crippen LogP contribution in [-0.2, 0) is 4.79 Å². The third-order valence-electron chi connectivity index (χ3n) is 4.08. The highest BCUT2D eigenvalue weighted by molar-refractivity contribution is 8.18. The van der Waals surface area contributed by atoms with Gasteiger partial charge in [-0.15, -0.1) is 0 Å². The SMILES string of the molecule is CN1C(=O)S/C(=C/c2c(Oc3nc(Cl)ncc3F)ccc3ccccc23)C1=O. The fraction of sp³-hybridized carbons (Fsp3) is 0.0526. The number of rotatable bonds is 3. The van der Waals surface area contributed by atoms with Crippen molar-refractivity contribution in [1.29, 1.82) is 0 Å². The fourth-order valence-corrected chi connectivity index (χ4v) is 3.63. The Morgan fingerprint density at radius 1 is 1.21 bits per heavy atom. The van der Waals surface area contributed by atoms with Gasteiger partial charge in [-0.1, -0.05) is 30.3 Å². The summed E-state index contributed by atoms with van der Waals surface area (Å²) in [6, 6.07) is 10.9. The van der Waals surface area contributed by atoms with Crippen molar-refractivity contribution < 1.29 is 18.7 Å². The lowest BCUT2D eigenvalue weighted by molar-refractivity contribution is -0.121. The highest BCUT2D eigenvalue weighted by Gasteiger charge is 2.32. The number of benzene rings is 2. The van der Waals surface area contributed by atoms with E-state index in [4.69, 9.17) is 16.3 Å². The molecule has 1 aliphatic heterocycles. The van der Waals surface area contributed by atoms with Gasteiger partial charge in [0.25, 0.3) is 17.0 Å². The molecule has 1 fully saturated rings. The van der Waals surface area contributed by atoms with Gasteiger partial charge < -0.3 is 4.74 Å². The van der Waals surface area contributed by atoms with Crippen LogP contribution in [-0.4, -0.2) is 33.1 Å². The maximum Gasteiger partial charge on any atom is 0.293 e. The van der Waals surface area contributed by atoms with E-state index in [1.165, 1.54) is 7.05 Å². The normalized spacial score (nSPS) is 15.7. The third-order valence-corrected chi connectivity index (χ3v) is 5.22. The molecule has 9 heteroatoms. The van der Waals surface area contributed by atoms with Crippen molar-refractivity contribution in [3.05, 3.63) is 64.2 Å². The molecular weight excluding hydrogens is 405 g/mol. The van der Waals surface area contributed by atoms with Gasteiger partial charge >= 0.3 is 0 Å². The lowest BCUT2D eigenvalue weighted by Crippen LogP contribution is -2.22. The second-order valence-electron chi connectivity index (χ2n) is 5.83. The predicted molar refractivity (Wildman–Crippen MR) is 105 cm³/mol. The molecule has 3 aromatic rings. The minimum Gasteiger partial charge on any atom is -0.436 e. The van der Waals surface area contributed by atoms with Crippen LogP contribution in [0.3, 0.4) is 0 Å². The van der Waals surface area contributed by atoms with E-state index in [2.05, 4.69) is 9.97 Å². The van der Waals surface area contributed by atoms with Crippen LogP contribution in [0, 0.1) is 5.82 Å². The molecular formula is C19H11ClFN3O3S. The van der Waals surface area contributed by atoms with Crippen molar-refractivity contribution in [2.45, 2.75) is 0 Å². The van der Waals surface area contributed by atoms with Gasteiger partial charge in [0, 0.05) is 12.6 Å². The molecule has 2 heterocycles. The Bertz CT molecular complexity index is 1170. The summed E-state index contributed by atoms with van der Waals surface area (Å²) < 4.78 is 19.7. The number of ether oxygens (including phenoxy) is 1. The Kier molecular flexibility index (Phi) is 4.74. The summed E-state index contributed by atoms with van der Waals surface area (Å²) in [6.07, 6.45) is 2.47. The summed E-state index contributed by atoms with van der Waals surface area (Å²) in [5, 5.41) is 1.12. The number of carbonyl (C=O) groups excluding carboxylic acids is 2. The highest BCUT2D eigenvalue weighted by Crippen LogP contribution is 2.37. The quantitative estimate of drug-likeness (QED) is 0.448. The van der Waals surface area contributed by atoms with Crippen molar-refractivity contribution in [1.82, 2.24) is 14.9 Å². The number of fused-ring (bicyclic) bond motifs is 1. The molecule has 140 valence electrons. The number of likely N-dealkylation sites (N-methyl/N-ethyl adjacent to an activating group) is 1. The largest absolute Gasteiger partial charge is 0.436 e. The molecule has 2 aromatic carbocycles. The number of aromatic nitrogens is 2. The molecule has 1 aromatic heterocycles. The van der Waals surface area contributed by atoms with Crippen LogP contribution in [0.25, 0.3) is 16.8 Å². The van der Waals surface area contributed by atoms with E-state index in [1.54, 1.807) is 18.2 Å². The molecule has 6 nitrogen and oxygen atoms in total. The molecule has 0 aliphatic carbocycles. The van der Waals surface area contributed by atoms with Gasteiger partial charge in [0.2, 0.25) is 11.1 Å². The number of amides is 2. The van der Waals surface area contributed by atoms with Crippen molar-refractivity contribution in [3.8, 4) is 11.6 Å². The molecule has 1 saturated heterocycles. The average Bonchev–Trinajstić information content (AvgIpc) is 2.93. The van der Waals surface area contributed by atoms with Crippen LogP contribution in [0.1, 0.15) is 5.56 Å². The van der Waals surface area contributed by atoms with E-state index in [0.29, 0.717) is 5.56 Å². The van der Waals surface area contributed by atoms with Crippen LogP contribution in [0.4, 0.5) is 9.18 Å². The Balaban J connectivity index is 1.88. The standard InChI is InChI=1S/C19H11ClFN3O3S/c1-24-17(25)15(28-19(24)26)8-12-11-5-3-2-4-10(11)6-7-14(12)27-16-13(21)9-22-18(20)23-16/h2-9H,1H3/b15-8+. The first-order valence-electron chi connectivity index (χ1n) is 8.03. The monoisotopic (exact) mass is 415 g/mol. The summed E-state index contributed by atoms with van der Waals surface area (Å²) in [4.78, 5) is 32.7. The first kappa shape index (κ1) is 18.4. The molecule has 0 radical (unpaired) electrons. The van der Waals surface area contributed by atoms with Crippen molar-refractivity contribution in [2.75, 3.05) is 7.05 Å². The highest BCUT2D eigenvalue weighted by atomic mass is 35.5. The lowest BCUT2D eigenvalue weighted by atomic mass is 10.0. The first-order valence-corrected chi connectivity index (χ1v) is 9.22. The van der Waals surface area contributed by atoms with E-state index >= 15 is 0 Å². The van der Waals surface area contributed by atoms with E-state index in [1.807, 2.05) is 24.3 Å². The number of thioether (sulfide) groups is 1. The average molecular weight is 416 g/mol. The molecule has 0 bridgehead atoms. The van der Waals surface area contributed by atoms with Crippen LogP contribution in [0.15, 0.2) is 47.5 Å². The van der Waals surface area contributed by atoms with Crippen molar-refractivity contribution in [3.63, 3.8) is 0 Å². The molecule has 0 unspecified atom stereocenters. The minimum atomic E-state index is -0.780. The summed E-state index contributed by atoms with van der Waals surface area (Å²) >= 11 is 6.56. The molecule has 0 N–H and O–H groups in total. The van der Waals surface area contributed by atoms with Gasteiger partial charge in [-0.3, -0.25) is 14.5 Å². The molecule has 2 amide bonds. The molecule has 0 saturated carbocycles. The van der Waals surface area contributed by atoms with Crippen molar-refractivity contribution >= 4 is 51.4 Å². The minimum absolute atomic E-state index is 0.161. The number of imide groups is 1. The number of nitrogens with zero attached hydrogens (tertiary/aromatic N) is 3. The smallest absolute Gasteiger partial charge is 0.293 e. The zero-order valence-corrected chi connectivity index (χ0v) is 15.9. The van der Waals surface area contributed by atoms with Gasteiger partial charge in [0.1, 0.15) is 5.75 Å². The van der Waals surface area contributed by atoms with E-state index in [-0.39, 0.29) is 27.1 Å². The summed E-state index contributed by atoms with van der Waals surface area (Å²) in [6.45, 7) is 0. The summed E-state index contributed by atoms with van der Waals surface area (Å²) in [7, 11) is 1.41. The first-order chi connectivity index (χ1) is 13.4. The fourth-order valence-electron chi connectivity index (χ4n) is 2.70. The summed E-state index contributed by atoms with van der Waals surface area (Å²) in [5.41, 5.74) is 0.520. The van der Waals surface area contributed by atoms with Crippen LogP contribution in [0.2, 0.25) is 5.28 Å². The van der Waals surface area contributed by atoms with E-state index < -0.39 is 11.7 Å². The number of halogens is 2. The Labute approximate surface area is 168 Å². The van der Waals surface area contributed by atoms with Crippen LogP contribution >= 0.6 is 23.4 Å². The number of hydrogen-bond acceptors (Lipinski definition) is 6. The maximum absolute atomic E-state index is 14.0. The second kappa shape index (κ2) is 7.21. The Morgan fingerprint density at radius 3 is 2.75 bits per heavy atom. The molecule has 28 heavy (non-hydrogen) atoms. The zero-order valence-electron chi connectivity index (χ0n) is 14.3. The topological polar surface area (TPSA) is 72.4 Å². The van der Waals surface area contributed by atoms with Gasteiger partial charge in [0.05, 0.1) is 11.1 Å². The molecule has 4 rings (SSSR count). The lowest BCUT2D eigenvalue weighted by Gasteiger charge is -2.12. The summed E-state index contributed by atoms with van der Waals surface area (Å²) in [5.74, 6) is -1.27. The van der Waals surface area contributed by atoms with E-state index in [0.717, 1.165) is 33.6 Å². The molecule has 1 aliphatic rings. The second-order valence-corrected chi connectivity index (χ2v) is 7.16. The molecule has 0 atom stereocenters. The maximum atomic E-state index is 14.0. The Hall–Kier alpha value is -2.97. The third kappa shape index (κ3) is 3.32. The van der Waals surface area contributed by atoms with Gasteiger partial charge in [0.15, 0.2) is 0 Å². The zero-order chi connectivity index (χ0) is 19.8. The Morgan fingerprint density at radius 2 is 2.00 bits per heavy atom. The predicted octanol–water partition coefficient (Wildman–Crippen LogP) is 4.88. The van der Waals surface area contributed by atoms with Gasteiger partial charge in [-0.25, -0.2) is 4.98 Å². The number of hydrogen-bond donors (Lipinski definition) is 0. The molecule has 0 spiro atoms. The van der Waals surface area contributed by atoms with E-state index in [9.17, 15) is 14.0 Å². The van der Waals surface area contributed by atoms with Crippen molar-refractivity contribution in [2.24, 2.45) is 0 Å². The van der Waals surface area contributed by atoms with Gasteiger partial charge in [-0.05, 0) is 46.3 Å². The van der Waals surface area contributed by atoms with Crippen LogP contribution in [0.5, 0.6) is 11.6 Å². The van der Waals surface area contributed by atoms with Gasteiger partial charge in [-0.2, -0.15) is 9.37 Å². The van der Waals surface area contributed by atoms with Crippen LogP contribution < -0.4 is 4.74 Å².